The summed E-state index contributed by atoms with van der Waals surface area (Å²) in [5.41, 5.74) is 1.28. The standard InChI is InChI=1S/C20H27N5O2/c1-14-7-5-6-12-24(14)19(27)15-8-10-16(11-9-15)21-18(26)17-13-25(23-22-17)20(2,3)4/h8-11,13-14H,5-7,12H2,1-4H3,(H,21,26)/t14-/m1/s1. The monoisotopic (exact) mass is 369 g/mol. The number of likely N-dealkylation sites (tertiary alicyclic amines) is 1. The summed E-state index contributed by atoms with van der Waals surface area (Å²) in [7, 11) is 0. The highest BCUT2D eigenvalue weighted by Crippen LogP contribution is 2.20. The van der Waals surface area contributed by atoms with Crippen molar-refractivity contribution in [3.05, 3.63) is 41.7 Å². The second kappa shape index (κ2) is 7.50. The van der Waals surface area contributed by atoms with E-state index in [1.54, 1.807) is 35.1 Å². The maximum atomic E-state index is 12.7. The molecule has 27 heavy (non-hydrogen) atoms. The number of aromatic nitrogens is 3. The first-order chi connectivity index (χ1) is 12.8. The zero-order chi connectivity index (χ0) is 19.6. The predicted molar refractivity (Wildman–Crippen MR) is 104 cm³/mol. The average molecular weight is 369 g/mol. The molecular weight excluding hydrogens is 342 g/mol. The fourth-order valence-corrected chi connectivity index (χ4v) is 3.15. The molecule has 1 aliphatic heterocycles. The first kappa shape index (κ1) is 19.1. The fraction of sp³-hybridized carbons (Fsp3) is 0.500. The van der Waals surface area contributed by atoms with Crippen molar-refractivity contribution in [2.24, 2.45) is 0 Å². The van der Waals surface area contributed by atoms with Crippen molar-refractivity contribution in [3.8, 4) is 0 Å². The summed E-state index contributed by atoms with van der Waals surface area (Å²) in [5, 5.41) is 10.7. The van der Waals surface area contributed by atoms with Gasteiger partial charge in [-0.05, 0) is 71.2 Å². The highest BCUT2D eigenvalue weighted by Gasteiger charge is 2.24. The van der Waals surface area contributed by atoms with E-state index < -0.39 is 0 Å². The molecule has 7 nitrogen and oxygen atoms in total. The van der Waals surface area contributed by atoms with E-state index in [-0.39, 0.29) is 29.1 Å². The minimum atomic E-state index is -0.325. The van der Waals surface area contributed by atoms with Crippen LogP contribution in [0.4, 0.5) is 5.69 Å². The molecule has 0 spiro atoms. The summed E-state index contributed by atoms with van der Waals surface area (Å²) in [6.07, 6.45) is 4.91. The number of piperidine rings is 1. The van der Waals surface area contributed by atoms with Gasteiger partial charge in [0.25, 0.3) is 11.8 Å². The summed E-state index contributed by atoms with van der Waals surface area (Å²) in [5.74, 6) is -0.276. The van der Waals surface area contributed by atoms with E-state index in [0.717, 1.165) is 19.4 Å². The van der Waals surface area contributed by atoms with Gasteiger partial charge in [-0.25, -0.2) is 4.68 Å². The van der Waals surface area contributed by atoms with Gasteiger partial charge >= 0.3 is 0 Å². The van der Waals surface area contributed by atoms with Crippen LogP contribution in [0.5, 0.6) is 0 Å². The van der Waals surface area contributed by atoms with Gasteiger partial charge in [0.2, 0.25) is 0 Å². The minimum absolute atomic E-state index is 0.0493. The number of anilines is 1. The van der Waals surface area contributed by atoms with E-state index in [9.17, 15) is 9.59 Å². The Labute approximate surface area is 159 Å². The zero-order valence-electron chi connectivity index (χ0n) is 16.4. The normalized spacial score (nSPS) is 17.6. The second-order valence-corrected chi connectivity index (χ2v) is 8.09. The number of carbonyl (C=O) groups excluding carboxylic acids is 2. The molecule has 1 aromatic heterocycles. The maximum Gasteiger partial charge on any atom is 0.277 e. The Balaban J connectivity index is 1.66. The first-order valence-electron chi connectivity index (χ1n) is 9.41. The summed E-state index contributed by atoms with van der Waals surface area (Å²) in [4.78, 5) is 27.0. The van der Waals surface area contributed by atoms with Crippen molar-refractivity contribution >= 4 is 17.5 Å². The molecule has 0 aliphatic carbocycles. The highest BCUT2D eigenvalue weighted by molar-refractivity contribution is 6.03. The molecule has 0 radical (unpaired) electrons. The van der Waals surface area contributed by atoms with Gasteiger partial charge in [-0.1, -0.05) is 5.21 Å². The van der Waals surface area contributed by atoms with E-state index in [1.165, 1.54) is 6.42 Å². The topological polar surface area (TPSA) is 80.1 Å². The molecule has 0 unspecified atom stereocenters. The molecule has 1 saturated heterocycles. The Morgan fingerprint density at radius 1 is 1.15 bits per heavy atom. The highest BCUT2D eigenvalue weighted by atomic mass is 16.2. The number of hydrogen-bond acceptors (Lipinski definition) is 4. The molecule has 0 saturated carbocycles. The van der Waals surface area contributed by atoms with E-state index in [1.807, 2.05) is 25.7 Å². The lowest BCUT2D eigenvalue weighted by Crippen LogP contribution is -2.42. The van der Waals surface area contributed by atoms with E-state index in [0.29, 0.717) is 11.3 Å². The molecule has 1 aliphatic rings. The largest absolute Gasteiger partial charge is 0.336 e. The van der Waals surface area contributed by atoms with Gasteiger partial charge in [-0.15, -0.1) is 5.10 Å². The third-order valence-electron chi connectivity index (χ3n) is 4.87. The summed E-state index contributed by atoms with van der Waals surface area (Å²) in [6, 6.07) is 7.27. The fourth-order valence-electron chi connectivity index (χ4n) is 3.15. The Hall–Kier alpha value is -2.70. The Kier molecular flexibility index (Phi) is 5.30. The number of nitrogens with zero attached hydrogens (tertiary/aromatic N) is 4. The zero-order valence-corrected chi connectivity index (χ0v) is 16.4. The van der Waals surface area contributed by atoms with Gasteiger partial charge in [0.05, 0.1) is 11.7 Å². The number of nitrogens with one attached hydrogen (secondary N) is 1. The molecule has 0 bridgehead atoms. The van der Waals surface area contributed by atoms with Crippen LogP contribution in [0.3, 0.4) is 0 Å². The lowest BCUT2D eigenvalue weighted by atomic mass is 10.0. The van der Waals surface area contributed by atoms with Gasteiger partial charge in [0.15, 0.2) is 5.69 Å². The molecule has 7 heteroatoms. The van der Waals surface area contributed by atoms with Gasteiger partial charge in [-0.3, -0.25) is 9.59 Å². The van der Waals surface area contributed by atoms with Crippen LogP contribution in [0.2, 0.25) is 0 Å². The van der Waals surface area contributed by atoms with Crippen molar-refractivity contribution in [3.63, 3.8) is 0 Å². The van der Waals surface area contributed by atoms with Crippen molar-refractivity contribution < 1.29 is 9.59 Å². The molecule has 1 fully saturated rings. The smallest absolute Gasteiger partial charge is 0.277 e. The van der Waals surface area contributed by atoms with Crippen molar-refractivity contribution in [2.45, 2.75) is 58.5 Å². The van der Waals surface area contributed by atoms with Crippen LogP contribution in [0, 0.1) is 0 Å². The molecule has 2 amide bonds. The number of amides is 2. The van der Waals surface area contributed by atoms with Crippen molar-refractivity contribution in [2.75, 3.05) is 11.9 Å². The number of hydrogen-bond donors (Lipinski definition) is 1. The van der Waals surface area contributed by atoms with E-state index >= 15 is 0 Å². The van der Waals surface area contributed by atoms with E-state index in [4.69, 9.17) is 0 Å². The molecular formula is C20H27N5O2. The molecule has 2 aromatic rings. The summed E-state index contributed by atoms with van der Waals surface area (Å²) < 4.78 is 1.66. The minimum Gasteiger partial charge on any atom is -0.336 e. The Bertz CT molecular complexity index is 820. The molecule has 1 N–H and O–H groups in total. The lowest BCUT2D eigenvalue weighted by Gasteiger charge is -2.33. The quantitative estimate of drug-likeness (QED) is 0.900. The van der Waals surface area contributed by atoms with Crippen molar-refractivity contribution in [1.29, 1.82) is 0 Å². The summed E-state index contributed by atoms with van der Waals surface area (Å²) >= 11 is 0. The van der Waals surface area contributed by atoms with Gasteiger partial charge in [-0.2, -0.15) is 0 Å². The van der Waals surface area contributed by atoms with Crippen molar-refractivity contribution in [1.82, 2.24) is 19.9 Å². The molecule has 3 rings (SSSR count). The molecule has 1 atom stereocenters. The van der Waals surface area contributed by atoms with Crippen LogP contribution in [0.1, 0.15) is 67.8 Å². The SMILES string of the molecule is C[C@@H]1CCCCN1C(=O)c1ccc(NC(=O)c2cn(C(C)(C)C)nn2)cc1. The number of carbonyl (C=O) groups is 2. The second-order valence-electron chi connectivity index (χ2n) is 8.09. The van der Waals surface area contributed by atoms with Crippen LogP contribution in [-0.2, 0) is 5.54 Å². The average Bonchev–Trinajstić information content (AvgIpc) is 3.13. The number of benzene rings is 1. The van der Waals surface area contributed by atoms with Crippen LogP contribution >= 0.6 is 0 Å². The van der Waals surface area contributed by atoms with Gasteiger partial charge in [0.1, 0.15) is 0 Å². The van der Waals surface area contributed by atoms with Crippen LogP contribution in [-0.4, -0.2) is 44.3 Å². The van der Waals surface area contributed by atoms with Crippen LogP contribution in [0.25, 0.3) is 0 Å². The third-order valence-corrected chi connectivity index (χ3v) is 4.87. The Morgan fingerprint density at radius 2 is 1.85 bits per heavy atom. The number of rotatable bonds is 3. The molecule has 144 valence electrons. The first-order valence-corrected chi connectivity index (χ1v) is 9.41. The molecule has 2 heterocycles. The van der Waals surface area contributed by atoms with Gasteiger partial charge in [0, 0.05) is 23.8 Å². The lowest BCUT2D eigenvalue weighted by molar-refractivity contribution is 0.0635. The maximum absolute atomic E-state index is 12.7. The molecule has 1 aromatic carbocycles. The predicted octanol–water partition coefficient (Wildman–Crippen LogP) is 3.30. The van der Waals surface area contributed by atoms with Crippen LogP contribution in [0.15, 0.2) is 30.5 Å². The van der Waals surface area contributed by atoms with Gasteiger partial charge < -0.3 is 10.2 Å². The summed E-state index contributed by atoms with van der Waals surface area (Å²) in [6.45, 7) is 8.87. The van der Waals surface area contributed by atoms with E-state index in [2.05, 4.69) is 22.6 Å². The van der Waals surface area contributed by atoms with Crippen LogP contribution < -0.4 is 5.32 Å². The third kappa shape index (κ3) is 4.35. The Morgan fingerprint density at radius 3 is 2.44 bits per heavy atom.